The van der Waals surface area contributed by atoms with Crippen molar-refractivity contribution >= 4 is 0 Å². The highest BCUT2D eigenvalue weighted by Gasteiger charge is 2.30. The summed E-state index contributed by atoms with van der Waals surface area (Å²) in [6, 6.07) is 0. The molecular formula is C51H116N6+6. The third kappa shape index (κ3) is 33.1. The highest BCUT2D eigenvalue weighted by molar-refractivity contribution is 4.51. The summed E-state index contributed by atoms with van der Waals surface area (Å²) in [5.74, 6) is 0. The highest BCUT2D eigenvalue weighted by atomic mass is 15.5. The molecule has 0 saturated heterocycles. The van der Waals surface area contributed by atoms with E-state index >= 15 is 0 Å². The molecule has 0 spiro atoms. The van der Waals surface area contributed by atoms with Gasteiger partial charge in [0.15, 0.2) is 0 Å². The molecule has 6 nitrogen and oxygen atoms in total. The number of hydrogen-bond acceptors (Lipinski definition) is 0. The van der Waals surface area contributed by atoms with E-state index in [1.165, 1.54) is 257 Å². The first kappa shape index (κ1) is 56.8. The first-order valence-corrected chi connectivity index (χ1v) is 25.7. The van der Waals surface area contributed by atoms with Gasteiger partial charge in [0, 0.05) is 25.7 Å². The molecule has 0 N–H and O–H groups in total. The van der Waals surface area contributed by atoms with Crippen LogP contribution in [0.15, 0.2) is 0 Å². The molecule has 0 rings (SSSR count). The van der Waals surface area contributed by atoms with Gasteiger partial charge < -0.3 is 17.9 Å². The van der Waals surface area contributed by atoms with E-state index in [2.05, 4.69) is 98.2 Å². The molecule has 0 aromatic rings. The van der Waals surface area contributed by atoms with Crippen LogP contribution in [0.25, 0.3) is 0 Å². The smallest absolute Gasteiger partial charge is 0.206 e. The Bertz CT molecular complexity index is 843. The van der Waals surface area contributed by atoms with Crippen LogP contribution in [0.1, 0.15) is 182 Å². The van der Waals surface area contributed by atoms with Crippen LogP contribution >= 0.6 is 0 Å². The third-order valence-electron chi connectivity index (χ3n) is 14.4. The molecule has 0 aromatic heterocycles. The van der Waals surface area contributed by atoms with Crippen LogP contribution in [-0.2, 0) is 0 Å². The Morgan fingerprint density at radius 2 is 0.421 bits per heavy atom. The highest BCUT2D eigenvalue weighted by Crippen LogP contribution is 2.17. The maximum Gasteiger partial charge on any atom is 0.206 e. The fourth-order valence-electron chi connectivity index (χ4n) is 9.83. The van der Waals surface area contributed by atoms with Gasteiger partial charge in [-0.15, -0.1) is 0 Å². The molecule has 0 heterocycles. The van der Waals surface area contributed by atoms with E-state index in [9.17, 15) is 0 Å². The van der Waals surface area contributed by atoms with Crippen molar-refractivity contribution in [3.63, 3.8) is 0 Å². The summed E-state index contributed by atoms with van der Waals surface area (Å²) in [7, 11) is 24.9. The average Bonchev–Trinajstić information content (AvgIpc) is 3.12. The predicted molar refractivity (Wildman–Crippen MR) is 258 cm³/mol. The SMILES string of the molecule is CCCCCCCCCCCC[N+](C)(C)CCC[N+](C)(CC)CCC[N+](C)(C)C[N+](C)(C)CCC[N+](C)(CC)CCC[N+](C)(C)CCCCCCCCCCCC. The van der Waals surface area contributed by atoms with Gasteiger partial charge in [-0.25, -0.2) is 0 Å². The molecule has 57 heavy (non-hydrogen) atoms. The topological polar surface area (TPSA) is 0 Å². The van der Waals surface area contributed by atoms with Crippen molar-refractivity contribution in [1.82, 2.24) is 0 Å². The number of quaternary nitrogens is 6. The van der Waals surface area contributed by atoms with Crippen LogP contribution in [0.3, 0.4) is 0 Å². The van der Waals surface area contributed by atoms with Crippen LogP contribution in [-0.4, -0.2) is 183 Å². The second kappa shape index (κ2) is 31.6. The summed E-state index contributed by atoms with van der Waals surface area (Å²) < 4.78 is 7.13. The molecule has 0 radical (unpaired) electrons. The van der Waals surface area contributed by atoms with Gasteiger partial charge in [0.1, 0.15) is 0 Å². The Labute approximate surface area is 363 Å². The zero-order valence-electron chi connectivity index (χ0n) is 42.8. The predicted octanol–water partition coefficient (Wildman–Crippen LogP) is 11.6. The van der Waals surface area contributed by atoms with Crippen LogP contribution in [0.4, 0.5) is 0 Å². The average molecular weight is 814 g/mol. The van der Waals surface area contributed by atoms with E-state index in [0.717, 1.165) is 8.97 Å². The van der Waals surface area contributed by atoms with Crippen molar-refractivity contribution in [2.24, 2.45) is 0 Å². The number of unbranched alkanes of at least 4 members (excludes halogenated alkanes) is 18. The zero-order valence-corrected chi connectivity index (χ0v) is 42.8. The van der Waals surface area contributed by atoms with Gasteiger partial charge in [-0.1, -0.05) is 117 Å². The van der Waals surface area contributed by atoms with Gasteiger partial charge in [-0.05, 0) is 39.5 Å². The third-order valence-corrected chi connectivity index (χ3v) is 14.4. The summed E-state index contributed by atoms with van der Waals surface area (Å²) in [6.45, 7) is 26.4. The van der Waals surface area contributed by atoms with Gasteiger partial charge >= 0.3 is 0 Å². The Morgan fingerprint density at radius 1 is 0.211 bits per heavy atom. The summed E-state index contributed by atoms with van der Waals surface area (Å²) in [5, 5.41) is 0. The van der Waals surface area contributed by atoms with Crippen LogP contribution < -0.4 is 0 Å². The van der Waals surface area contributed by atoms with E-state index in [0.29, 0.717) is 0 Å². The van der Waals surface area contributed by atoms with E-state index in [4.69, 9.17) is 0 Å². The lowest BCUT2D eigenvalue weighted by Gasteiger charge is -2.41. The quantitative estimate of drug-likeness (QED) is 0.0327. The lowest BCUT2D eigenvalue weighted by Crippen LogP contribution is -2.57. The van der Waals surface area contributed by atoms with Gasteiger partial charge in [0.2, 0.25) is 6.67 Å². The number of nitrogens with zero attached hydrogens (tertiary/aromatic N) is 6. The molecule has 0 aliphatic carbocycles. The van der Waals surface area contributed by atoms with Crippen molar-refractivity contribution in [2.75, 3.05) is 156 Å². The molecule has 0 saturated carbocycles. The zero-order chi connectivity index (χ0) is 43.2. The minimum atomic E-state index is 1.13. The fourth-order valence-corrected chi connectivity index (χ4v) is 9.83. The van der Waals surface area contributed by atoms with Crippen molar-refractivity contribution in [3.05, 3.63) is 0 Å². The van der Waals surface area contributed by atoms with Gasteiger partial charge in [-0.2, -0.15) is 0 Å². The number of hydrogen-bond donors (Lipinski definition) is 0. The van der Waals surface area contributed by atoms with Gasteiger partial charge in [-0.3, -0.25) is 8.97 Å². The van der Waals surface area contributed by atoms with Gasteiger partial charge in [0.05, 0.1) is 149 Å². The van der Waals surface area contributed by atoms with Crippen molar-refractivity contribution in [1.29, 1.82) is 0 Å². The Balaban J connectivity index is 4.43. The minimum Gasteiger partial charge on any atom is -0.328 e. The Morgan fingerprint density at radius 3 is 0.667 bits per heavy atom. The molecule has 2 unspecified atom stereocenters. The molecule has 0 fully saturated rings. The van der Waals surface area contributed by atoms with Crippen LogP contribution in [0.2, 0.25) is 0 Å². The lowest BCUT2D eigenvalue weighted by atomic mass is 10.1. The molecule has 6 heteroatoms. The van der Waals surface area contributed by atoms with E-state index in [1.807, 2.05) is 0 Å². The lowest BCUT2D eigenvalue weighted by molar-refractivity contribution is -1.07. The van der Waals surface area contributed by atoms with Crippen molar-refractivity contribution < 1.29 is 26.9 Å². The summed E-state index contributed by atoms with van der Waals surface area (Å²) in [6.07, 6.45) is 34.0. The number of rotatable bonds is 42. The fraction of sp³-hybridized carbons (Fsp3) is 1.00. The largest absolute Gasteiger partial charge is 0.328 e. The summed E-state index contributed by atoms with van der Waals surface area (Å²) in [4.78, 5) is 0. The van der Waals surface area contributed by atoms with Crippen LogP contribution in [0.5, 0.6) is 0 Å². The van der Waals surface area contributed by atoms with Gasteiger partial charge in [0.25, 0.3) is 0 Å². The standard InChI is InChI=1S/C51H116N6/c1-15-19-21-23-25-27-29-31-33-35-41-52(5,6)43-37-47-56(13,17-3)49-39-45-54(9,10)51-55(11,12)46-40-50-57(14,18-4)48-38-44-53(7,8)42-36-34-32-30-28-26-24-22-20-16-2/h15-51H2,1-14H3/q+6. The maximum atomic E-state index is 2.53. The molecule has 0 bridgehead atoms. The second-order valence-corrected chi connectivity index (χ2v) is 22.8. The normalized spacial score (nSPS) is 15.3. The second-order valence-electron chi connectivity index (χ2n) is 22.8. The first-order chi connectivity index (χ1) is 26.8. The van der Waals surface area contributed by atoms with Crippen molar-refractivity contribution in [3.8, 4) is 0 Å². The molecule has 2 atom stereocenters. The summed E-state index contributed by atoms with van der Waals surface area (Å²) in [5.41, 5.74) is 0. The molecular weight excluding hydrogens is 697 g/mol. The summed E-state index contributed by atoms with van der Waals surface area (Å²) >= 11 is 0. The van der Waals surface area contributed by atoms with E-state index in [1.54, 1.807) is 0 Å². The monoisotopic (exact) mass is 813 g/mol. The first-order valence-electron chi connectivity index (χ1n) is 25.7. The Kier molecular flexibility index (Phi) is 31.5. The molecule has 0 aromatic carbocycles. The van der Waals surface area contributed by atoms with E-state index in [-0.39, 0.29) is 0 Å². The molecule has 0 aliphatic heterocycles. The molecule has 0 aliphatic rings. The van der Waals surface area contributed by atoms with Crippen LogP contribution in [0, 0.1) is 0 Å². The Hall–Kier alpha value is -0.240. The molecule has 344 valence electrons. The maximum absolute atomic E-state index is 2.53. The molecule has 0 amide bonds. The van der Waals surface area contributed by atoms with E-state index < -0.39 is 0 Å². The van der Waals surface area contributed by atoms with Crippen molar-refractivity contribution in [2.45, 2.75) is 182 Å². The minimum absolute atomic E-state index is 1.13.